The van der Waals surface area contributed by atoms with Crippen molar-refractivity contribution in [1.29, 1.82) is 0 Å². The van der Waals surface area contributed by atoms with E-state index in [0.29, 0.717) is 5.82 Å². The number of hydrogen-bond donors (Lipinski definition) is 4. The lowest BCUT2D eigenvalue weighted by atomic mass is 9.96. The molecule has 206 valence electrons. The number of benzene rings is 1. The quantitative estimate of drug-likeness (QED) is 0.126. The summed E-state index contributed by atoms with van der Waals surface area (Å²) in [5.74, 6) is 1.72. The molecule has 4 heterocycles. The zero-order valence-corrected chi connectivity index (χ0v) is 22.4. The van der Waals surface area contributed by atoms with Crippen molar-refractivity contribution in [3.8, 4) is 0 Å². The molecule has 2 saturated heterocycles. The van der Waals surface area contributed by atoms with Gasteiger partial charge < -0.3 is 30.1 Å². The highest BCUT2D eigenvalue weighted by Gasteiger charge is 2.56. The molecule has 2 aromatic heterocycles. The smallest absolute Gasteiger partial charge is 0.208 e. The van der Waals surface area contributed by atoms with Crippen molar-refractivity contribution in [1.82, 2.24) is 15.0 Å². The Morgan fingerprint density at radius 2 is 2.08 bits per heavy atom. The van der Waals surface area contributed by atoms with Crippen LogP contribution in [-0.4, -0.2) is 74.5 Å². The molecule has 0 aliphatic carbocycles. The number of aliphatic hydroxyl groups is 1. The molecular formula is C24H23BrF3N6O4S+. The number of imidazole rings is 1. The molecule has 2 fully saturated rings. The largest absolute Gasteiger partial charge is 0.388 e. The first-order valence-corrected chi connectivity index (χ1v) is 13.4. The van der Waals surface area contributed by atoms with E-state index in [2.05, 4.69) is 41.0 Å². The van der Waals surface area contributed by atoms with Crippen molar-refractivity contribution >= 4 is 39.6 Å². The Morgan fingerprint density at radius 1 is 1.28 bits per heavy atom. The zero-order chi connectivity index (χ0) is 27.5. The molecule has 4 unspecified atom stereocenters. The van der Waals surface area contributed by atoms with Gasteiger partial charge in [0.2, 0.25) is 6.04 Å². The number of nitrogens with zero attached hydrogens (tertiary/aromatic N) is 3. The molecule has 3 aromatic rings. The summed E-state index contributed by atoms with van der Waals surface area (Å²) in [7, 11) is 0. The third-order valence-corrected chi connectivity index (χ3v) is 7.70. The van der Waals surface area contributed by atoms with E-state index in [0.717, 1.165) is 21.5 Å². The van der Waals surface area contributed by atoms with E-state index in [-0.39, 0.29) is 24.5 Å². The van der Waals surface area contributed by atoms with Crippen molar-refractivity contribution in [2.75, 3.05) is 6.61 Å². The van der Waals surface area contributed by atoms with E-state index in [1.54, 1.807) is 24.8 Å². The monoisotopic (exact) mass is 627 g/mol. The highest BCUT2D eigenvalue weighted by molar-refractivity contribution is 9.10. The molecule has 1 aromatic carbocycles. The number of hydrazone groups is 1. The van der Waals surface area contributed by atoms with Crippen LogP contribution in [0.5, 0.6) is 0 Å². The van der Waals surface area contributed by atoms with Gasteiger partial charge >= 0.3 is 0 Å². The highest BCUT2D eigenvalue weighted by atomic mass is 79.9. The predicted octanol–water partition coefficient (Wildman–Crippen LogP) is 1.03. The number of rotatable bonds is 8. The SMILES string of the molecule is N/N=C(\C=[NH+]C1C(OCc2ncc[nH]2)[C@@H](Sc2cncc(Br)c2)OC2C(O)CO[C@H]12)c1cc(F)c(F)c(F)c1. The topological polar surface area (TPSA) is 142 Å². The van der Waals surface area contributed by atoms with Crippen LogP contribution >= 0.6 is 27.7 Å². The standard InChI is InChI=1S/C24H22BrF3N6O4S/c25-12-5-13(7-30-6-12)39-24-23(37-10-18-31-1-2-32-18)20(22-21(38-24)17(35)9-36-22)33-8-16(34-29)11-3-14(26)19(28)15(27)4-11/h1-8,17,20-24,35H,9-10,29H2,(H,31,32)/p+1/b33-8?,34-16+/t17?,20?,21?,22-,23?,24-/m1/s1. The molecule has 0 saturated carbocycles. The van der Waals surface area contributed by atoms with Crippen molar-refractivity contribution in [3.63, 3.8) is 0 Å². The van der Waals surface area contributed by atoms with Crippen LogP contribution in [0.2, 0.25) is 0 Å². The van der Waals surface area contributed by atoms with Crippen LogP contribution < -0.4 is 10.8 Å². The van der Waals surface area contributed by atoms with Crippen molar-refractivity contribution in [2.24, 2.45) is 10.9 Å². The summed E-state index contributed by atoms with van der Waals surface area (Å²) in [6.07, 6.45) is 4.91. The summed E-state index contributed by atoms with van der Waals surface area (Å²) in [6, 6.07) is 2.79. The fourth-order valence-electron chi connectivity index (χ4n) is 4.37. The van der Waals surface area contributed by atoms with E-state index >= 15 is 0 Å². The first-order valence-electron chi connectivity index (χ1n) is 11.7. The summed E-state index contributed by atoms with van der Waals surface area (Å²) in [5, 5.41) is 14.2. The molecule has 5 rings (SSSR count). The van der Waals surface area contributed by atoms with Crippen LogP contribution in [0.1, 0.15) is 11.4 Å². The average molecular weight is 628 g/mol. The van der Waals surface area contributed by atoms with Crippen molar-refractivity contribution < 1.29 is 37.5 Å². The van der Waals surface area contributed by atoms with Crippen LogP contribution in [-0.2, 0) is 20.8 Å². The van der Waals surface area contributed by atoms with E-state index in [1.807, 2.05) is 6.07 Å². The summed E-state index contributed by atoms with van der Waals surface area (Å²) >= 11 is 4.75. The minimum Gasteiger partial charge on any atom is -0.388 e. The zero-order valence-electron chi connectivity index (χ0n) is 20.0. The summed E-state index contributed by atoms with van der Waals surface area (Å²) in [6.45, 7) is 0.125. The van der Waals surface area contributed by atoms with E-state index in [9.17, 15) is 18.3 Å². The molecule has 0 radical (unpaired) electrons. The Balaban J connectivity index is 1.49. The van der Waals surface area contributed by atoms with Gasteiger partial charge in [-0.05, 0) is 34.1 Å². The van der Waals surface area contributed by atoms with Crippen LogP contribution in [0.15, 0.2) is 57.5 Å². The highest BCUT2D eigenvalue weighted by Crippen LogP contribution is 2.38. The Morgan fingerprint density at radius 3 is 2.77 bits per heavy atom. The molecule has 6 atom stereocenters. The molecule has 15 heteroatoms. The normalized spacial score (nSPS) is 27.3. The number of H-pyrrole nitrogens is 1. The van der Waals surface area contributed by atoms with Gasteiger partial charge in [0.25, 0.3) is 0 Å². The summed E-state index contributed by atoms with van der Waals surface area (Å²) < 4.78 is 60.5. The van der Waals surface area contributed by atoms with Gasteiger partial charge in [-0.1, -0.05) is 11.8 Å². The second kappa shape index (κ2) is 12.1. The number of aromatic amines is 1. The molecule has 39 heavy (non-hydrogen) atoms. The molecular weight excluding hydrogens is 605 g/mol. The Kier molecular flexibility index (Phi) is 8.64. The number of aromatic nitrogens is 3. The van der Waals surface area contributed by atoms with Gasteiger partial charge in [0.05, 0.1) is 6.61 Å². The van der Waals surface area contributed by atoms with E-state index in [4.69, 9.17) is 20.1 Å². The van der Waals surface area contributed by atoms with Crippen LogP contribution in [0.3, 0.4) is 0 Å². The fraction of sp³-hybridized carbons (Fsp3) is 0.333. The minimum absolute atomic E-state index is 0.0282. The predicted molar refractivity (Wildman–Crippen MR) is 137 cm³/mol. The summed E-state index contributed by atoms with van der Waals surface area (Å²) in [4.78, 5) is 15.3. The van der Waals surface area contributed by atoms with E-state index in [1.165, 1.54) is 18.0 Å². The number of hydrogen-bond acceptors (Lipinski definition) is 9. The van der Waals surface area contributed by atoms with Gasteiger partial charge in [0, 0.05) is 39.7 Å². The summed E-state index contributed by atoms with van der Waals surface area (Å²) in [5.41, 5.74) is -0.797. The lowest BCUT2D eigenvalue weighted by molar-refractivity contribution is -0.537. The molecule has 5 N–H and O–H groups in total. The second-order valence-electron chi connectivity index (χ2n) is 8.71. The second-order valence-corrected chi connectivity index (χ2v) is 10.8. The Labute approximate surface area is 233 Å². The number of pyridine rings is 1. The number of thioether (sulfide) groups is 1. The number of nitrogens with two attached hydrogens (primary N) is 1. The maximum atomic E-state index is 13.9. The van der Waals surface area contributed by atoms with Gasteiger partial charge in [-0.2, -0.15) is 5.10 Å². The van der Waals surface area contributed by atoms with Crippen LogP contribution in [0.25, 0.3) is 0 Å². The molecule has 0 amide bonds. The van der Waals surface area contributed by atoms with Crippen molar-refractivity contribution in [2.45, 2.75) is 47.4 Å². The molecule has 10 nitrogen and oxygen atoms in total. The molecule has 0 spiro atoms. The lowest BCUT2D eigenvalue weighted by Gasteiger charge is -2.39. The van der Waals surface area contributed by atoms with Crippen molar-refractivity contribution in [3.05, 3.63) is 76.3 Å². The molecule has 2 aliphatic heterocycles. The maximum absolute atomic E-state index is 13.9. The lowest BCUT2D eigenvalue weighted by Crippen LogP contribution is -2.87. The van der Waals surface area contributed by atoms with Gasteiger partial charge in [0.15, 0.2) is 41.6 Å². The Hall–Kier alpha value is -2.82. The number of fused-ring (bicyclic) bond motifs is 1. The van der Waals surface area contributed by atoms with Gasteiger partial charge in [-0.15, -0.1) is 0 Å². The van der Waals surface area contributed by atoms with E-state index < -0.39 is 53.3 Å². The number of aliphatic hydroxyl groups excluding tert-OH is 1. The van der Waals surface area contributed by atoms with Crippen LogP contribution in [0.4, 0.5) is 13.2 Å². The number of ether oxygens (including phenoxy) is 3. The van der Waals surface area contributed by atoms with Crippen LogP contribution in [0, 0.1) is 17.5 Å². The molecule has 2 aliphatic rings. The first kappa shape index (κ1) is 27.7. The third-order valence-electron chi connectivity index (χ3n) is 6.16. The maximum Gasteiger partial charge on any atom is 0.208 e. The third kappa shape index (κ3) is 6.18. The molecule has 0 bridgehead atoms. The number of nitrogens with one attached hydrogen (secondary N) is 2. The Bertz CT molecular complexity index is 1340. The first-order chi connectivity index (χ1) is 18.8. The minimum atomic E-state index is -1.60. The van der Waals surface area contributed by atoms with Gasteiger partial charge in [-0.25, -0.2) is 23.1 Å². The van der Waals surface area contributed by atoms with Gasteiger partial charge in [-0.3, -0.25) is 4.98 Å². The fourth-order valence-corrected chi connectivity index (χ4v) is 6.03. The average Bonchev–Trinajstić information content (AvgIpc) is 3.56. The van der Waals surface area contributed by atoms with Gasteiger partial charge in [0.1, 0.15) is 30.1 Å². The number of halogens is 4.